The molecule has 7 nitrogen and oxygen atoms in total. The molecule has 0 spiro atoms. The molecule has 0 bridgehead atoms. The lowest BCUT2D eigenvalue weighted by atomic mass is 9.93. The average Bonchev–Trinajstić information content (AvgIpc) is 2.87. The van der Waals surface area contributed by atoms with Crippen LogP contribution >= 0.6 is 0 Å². The summed E-state index contributed by atoms with van der Waals surface area (Å²) >= 11 is 0. The molecule has 198 valence electrons. The Kier molecular flexibility index (Phi) is 16.5. The van der Waals surface area contributed by atoms with Gasteiger partial charge in [0.2, 0.25) is 5.91 Å². The van der Waals surface area contributed by atoms with Gasteiger partial charge in [-0.1, -0.05) is 25.5 Å². The number of nitrogens with one attached hydrogen (secondary N) is 1. The minimum atomic E-state index is -1.03. The number of aryl methyl sites for hydroxylation is 1. The van der Waals surface area contributed by atoms with E-state index >= 15 is 0 Å². The lowest BCUT2D eigenvalue weighted by Crippen LogP contribution is -2.36. The van der Waals surface area contributed by atoms with Crippen molar-refractivity contribution in [2.45, 2.75) is 59.2 Å². The van der Waals surface area contributed by atoms with E-state index in [0.717, 1.165) is 24.1 Å². The summed E-state index contributed by atoms with van der Waals surface area (Å²) in [5, 5.41) is 28.5. The van der Waals surface area contributed by atoms with Gasteiger partial charge in [0.25, 0.3) is 0 Å². The molecule has 0 radical (unpaired) electrons. The maximum Gasteiger partial charge on any atom is 0.246 e. The molecule has 1 aliphatic carbocycles. The number of ether oxygens (including phenoxy) is 1. The van der Waals surface area contributed by atoms with Crippen molar-refractivity contribution < 1.29 is 28.5 Å². The van der Waals surface area contributed by atoms with Crippen molar-refractivity contribution in [3.8, 4) is 24.1 Å². The van der Waals surface area contributed by atoms with Crippen LogP contribution in [0.2, 0.25) is 0 Å². The van der Waals surface area contributed by atoms with Gasteiger partial charge in [-0.25, -0.2) is 8.78 Å². The smallest absolute Gasteiger partial charge is 0.246 e. The summed E-state index contributed by atoms with van der Waals surface area (Å²) in [5.41, 5.74) is 2.39. The Balaban J connectivity index is 0.00000137. The number of benzene rings is 1. The molecule has 1 aromatic heterocycles. The second kappa shape index (κ2) is 18.1. The molecule has 1 unspecified atom stereocenters. The fourth-order valence-electron chi connectivity index (χ4n) is 3.08. The first-order valence-corrected chi connectivity index (χ1v) is 11.7. The van der Waals surface area contributed by atoms with Crippen molar-refractivity contribution >= 4 is 5.91 Å². The number of amides is 1. The van der Waals surface area contributed by atoms with Crippen LogP contribution in [0.25, 0.3) is 11.3 Å². The molecule has 1 heterocycles. The van der Waals surface area contributed by atoms with Gasteiger partial charge in [-0.15, -0.1) is 24.5 Å². The zero-order valence-electron chi connectivity index (χ0n) is 21.4. The van der Waals surface area contributed by atoms with Crippen LogP contribution in [0.3, 0.4) is 0 Å². The third-order valence-electron chi connectivity index (χ3n) is 4.50. The molecule has 9 heteroatoms. The van der Waals surface area contributed by atoms with Gasteiger partial charge in [0.15, 0.2) is 0 Å². The van der Waals surface area contributed by atoms with Crippen LogP contribution in [-0.2, 0) is 16.0 Å². The number of halogens is 2. The van der Waals surface area contributed by atoms with E-state index in [4.69, 9.17) is 9.84 Å². The van der Waals surface area contributed by atoms with Crippen LogP contribution in [0.5, 0.6) is 0 Å². The Hall–Kier alpha value is -3.19. The highest BCUT2D eigenvalue weighted by atomic mass is 19.1. The van der Waals surface area contributed by atoms with Crippen LogP contribution in [0.15, 0.2) is 36.4 Å². The third-order valence-corrected chi connectivity index (χ3v) is 4.50. The quantitative estimate of drug-likeness (QED) is 0.386. The van der Waals surface area contributed by atoms with Crippen molar-refractivity contribution in [2.75, 3.05) is 19.8 Å². The topological polar surface area (TPSA) is 105 Å². The molecule has 2 aromatic rings. The number of nitrogens with zero attached hydrogens (tertiary/aromatic N) is 2. The molecule has 2 atom stereocenters. The fourth-order valence-corrected chi connectivity index (χ4v) is 3.08. The molecular formula is C27H37F2N3O4. The SMILES string of the molecule is C#C.C=C(C)C.CC.O=C(COC1CCCc2cc(-c3c(F)cccc3F)nnc21)NC[C@@H](O)CO. The molecule has 0 aliphatic heterocycles. The summed E-state index contributed by atoms with van der Waals surface area (Å²) in [7, 11) is 0. The van der Waals surface area contributed by atoms with Crippen molar-refractivity contribution in [2.24, 2.45) is 0 Å². The van der Waals surface area contributed by atoms with Crippen molar-refractivity contribution in [3.63, 3.8) is 0 Å². The lowest BCUT2D eigenvalue weighted by molar-refractivity contribution is -0.128. The van der Waals surface area contributed by atoms with Crippen LogP contribution in [0, 0.1) is 24.5 Å². The van der Waals surface area contributed by atoms with E-state index in [0.29, 0.717) is 18.5 Å². The number of carbonyl (C=O) groups is 1. The first-order valence-electron chi connectivity index (χ1n) is 11.7. The second-order valence-corrected chi connectivity index (χ2v) is 7.78. The fraction of sp³-hybridized carbons (Fsp3) is 0.444. The van der Waals surface area contributed by atoms with Gasteiger partial charge < -0.3 is 20.3 Å². The summed E-state index contributed by atoms with van der Waals surface area (Å²) in [6.07, 6.45) is 8.60. The van der Waals surface area contributed by atoms with E-state index < -0.39 is 36.4 Å². The lowest BCUT2D eigenvalue weighted by Gasteiger charge is -2.24. The molecule has 0 saturated carbocycles. The molecular weight excluding hydrogens is 468 g/mol. The van der Waals surface area contributed by atoms with Gasteiger partial charge in [0.05, 0.1) is 29.7 Å². The third kappa shape index (κ3) is 11.0. The normalized spacial score (nSPS) is 14.2. The number of aromatic nitrogens is 2. The number of aliphatic hydroxyl groups is 2. The summed E-state index contributed by atoms with van der Waals surface area (Å²) in [6, 6.07) is 5.22. The molecule has 0 saturated heterocycles. The predicted octanol–water partition coefficient (Wildman–Crippen LogP) is 4.14. The van der Waals surface area contributed by atoms with E-state index in [1.165, 1.54) is 11.6 Å². The van der Waals surface area contributed by atoms with Gasteiger partial charge in [0.1, 0.15) is 24.3 Å². The summed E-state index contributed by atoms with van der Waals surface area (Å²) in [6.45, 7) is 10.7. The maximum absolute atomic E-state index is 14.0. The van der Waals surface area contributed by atoms with E-state index in [1.54, 1.807) is 6.07 Å². The number of hydrogen-bond acceptors (Lipinski definition) is 6. The van der Waals surface area contributed by atoms with Crippen LogP contribution in [0.4, 0.5) is 8.78 Å². The van der Waals surface area contributed by atoms with Crippen LogP contribution in [0.1, 0.15) is 57.9 Å². The zero-order valence-corrected chi connectivity index (χ0v) is 21.4. The van der Waals surface area contributed by atoms with Gasteiger partial charge in [-0.2, -0.15) is 5.10 Å². The molecule has 0 fully saturated rings. The highest BCUT2D eigenvalue weighted by molar-refractivity contribution is 5.77. The molecule has 3 N–H and O–H groups in total. The Bertz CT molecular complexity index is 958. The second-order valence-electron chi connectivity index (χ2n) is 7.78. The number of aliphatic hydroxyl groups excluding tert-OH is 2. The van der Waals surface area contributed by atoms with E-state index in [1.807, 2.05) is 27.7 Å². The van der Waals surface area contributed by atoms with Crippen LogP contribution in [-0.4, -0.2) is 52.2 Å². The zero-order chi connectivity index (χ0) is 27.7. The minimum absolute atomic E-state index is 0.0721. The Morgan fingerprint density at radius 2 is 1.83 bits per heavy atom. The summed E-state index contributed by atoms with van der Waals surface area (Å²) < 4.78 is 33.6. The summed E-state index contributed by atoms with van der Waals surface area (Å²) in [5.74, 6) is -1.85. The number of fused-ring (bicyclic) bond motifs is 1. The highest BCUT2D eigenvalue weighted by Crippen LogP contribution is 2.33. The van der Waals surface area contributed by atoms with Crippen molar-refractivity contribution in [1.82, 2.24) is 15.5 Å². The van der Waals surface area contributed by atoms with E-state index in [9.17, 15) is 18.7 Å². The Labute approximate surface area is 212 Å². The van der Waals surface area contributed by atoms with Gasteiger partial charge in [-0.05, 0) is 56.9 Å². The molecule has 3 rings (SSSR count). The van der Waals surface area contributed by atoms with E-state index in [2.05, 4.69) is 34.9 Å². The number of rotatable bonds is 7. The van der Waals surface area contributed by atoms with Gasteiger partial charge >= 0.3 is 0 Å². The highest BCUT2D eigenvalue weighted by Gasteiger charge is 2.25. The number of allylic oxidation sites excluding steroid dienone is 1. The van der Waals surface area contributed by atoms with Crippen molar-refractivity contribution in [3.05, 3.63) is 59.3 Å². The number of terminal acetylenes is 1. The molecule has 36 heavy (non-hydrogen) atoms. The summed E-state index contributed by atoms with van der Waals surface area (Å²) in [4.78, 5) is 11.8. The maximum atomic E-state index is 14.0. The predicted molar refractivity (Wildman–Crippen MR) is 137 cm³/mol. The number of carbonyl (C=O) groups excluding carboxylic acids is 1. The minimum Gasteiger partial charge on any atom is -0.394 e. The van der Waals surface area contributed by atoms with Gasteiger partial charge in [0, 0.05) is 6.54 Å². The standard InChI is InChI=1S/C19H21F2N3O4.C4H8.C2H6.C2H2/c20-13-4-2-5-14(21)18(13)15-7-11-3-1-6-16(19(11)24-23-15)28-10-17(27)22-8-12(26)9-25;1-4(2)3;2*1-2/h2,4-5,7,12,16,25-26H,1,3,6,8-10H2,(H,22,27);1H2,2-3H3;1-2H3;1-2H/t12-,16?;;;/m1.../s1. The Morgan fingerprint density at radius 1 is 1.25 bits per heavy atom. The first kappa shape index (κ1) is 32.8. The Morgan fingerprint density at radius 3 is 2.39 bits per heavy atom. The van der Waals surface area contributed by atoms with Crippen LogP contribution < -0.4 is 5.32 Å². The van der Waals surface area contributed by atoms with Gasteiger partial charge in [-0.3, -0.25) is 4.79 Å². The monoisotopic (exact) mass is 505 g/mol. The first-order chi connectivity index (χ1) is 17.2. The molecule has 1 amide bonds. The van der Waals surface area contributed by atoms with Crippen molar-refractivity contribution in [1.29, 1.82) is 0 Å². The number of hydrogen-bond donors (Lipinski definition) is 3. The average molecular weight is 506 g/mol. The largest absolute Gasteiger partial charge is 0.394 e. The molecule has 1 aromatic carbocycles. The molecule has 1 aliphatic rings. The van der Waals surface area contributed by atoms with E-state index in [-0.39, 0.29) is 24.4 Å².